The van der Waals surface area contributed by atoms with Crippen LogP contribution in [0.25, 0.3) is 0 Å². The summed E-state index contributed by atoms with van der Waals surface area (Å²) in [5.41, 5.74) is 1.04. The topological polar surface area (TPSA) is 29.1 Å². The van der Waals surface area contributed by atoms with Crippen molar-refractivity contribution in [2.75, 3.05) is 13.1 Å². The SMILES string of the molecule is O=C(Cc1cc(F)cc(Br)c1)C1CC12CCNCC2. The third kappa shape index (κ3) is 2.75. The van der Waals surface area contributed by atoms with Crippen LogP contribution in [0.4, 0.5) is 4.39 Å². The zero-order valence-corrected chi connectivity index (χ0v) is 12.3. The Morgan fingerprint density at radius 3 is 2.79 bits per heavy atom. The standard InChI is InChI=1S/C15H17BrFNO/c16-11-5-10(6-12(17)8-11)7-14(19)13-9-15(13)1-3-18-4-2-15/h5-6,8,13,18H,1-4,7,9H2. The van der Waals surface area contributed by atoms with E-state index in [9.17, 15) is 9.18 Å². The minimum Gasteiger partial charge on any atom is -0.317 e. The summed E-state index contributed by atoms with van der Waals surface area (Å²) in [6.07, 6.45) is 3.60. The fourth-order valence-corrected chi connectivity index (χ4v) is 3.83. The summed E-state index contributed by atoms with van der Waals surface area (Å²) in [5.74, 6) is 0.195. The van der Waals surface area contributed by atoms with Crippen molar-refractivity contribution in [3.05, 3.63) is 34.1 Å². The van der Waals surface area contributed by atoms with Crippen molar-refractivity contribution in [2.45, 2.75) is 25.7 Å². The summed E-state index contributed by atoms with van der Waals surface area (Å²) in [7, 11) is 0. The minimum absolute atomic E-state index is 0.205. The molecule has 2 nitrogen and oxygen atoms in total. The van der Waals surface area contributed by atoms with E-state index in [0.717, 1.165) is 37.9 Å². The van der Waals surface area contributed by atoms with Gasteiger partial charge in [0.25, 0.3) is 0 Å². The van der Waals surface area contributed by atoms with E-state index in [2.05, 4.69) is 21.2 Å². The molecule has 1 saturated heterocycles. The summed E-state index contributed by atoms with van der Waals surface area (Å²) < 4.78 is 14.0. The number of rotatable bonds is 3. The first-order valence-electron chi connectivity index (χ1n) is 6.77. The van der Waals surface area contributed by atoms with Crippen LogP contribution in [0.15, 0.2) is 22.7 Å². The Morgan fingerprint density at radius 2 is 2.11 bits per heavy atom. The second-order valence-electron chi connectivity index (χ2n) is 5.79. The van der Waals surface area contributed by atoms with Crippen molar-refractivity contribution in [1.82, 2.24) is 5.32 Å². The molecular formula is C15H17BrFNO. The van der Waals surface area contributed by atoms with E-state index in [1.54, 1.807) is 0 Å². The molecule has 2 fully saturated rings. The molecule has 1 spiro atoms. The van der Waals surface area contributed by atoms with E-state index in [-0.39, 0.29) is 22.9 Å². The van der Waals surface area contributed by atoms with Crippen molar-refractivity contribution in [2.24, 2.45) is 11.3 Å². The Balaban J connectivity index is 1.66. The molecule has 1 aromatic rings. The molecule has 0 amide bonds. The zero-order chi connectivity index (χ0) is 13.5. The lowest BCUT2D eigenvalue weighted by molar-refractivity contribution is -0.120. The molecule has 19 heavy (non-hydrogen) atoms. The molecule has 1 atom stereocenters. The van der Waals surface area contributed by atoms with E-state index in [4.69, 9.17) is 0 Å². The van der Waals surface area contributed by atoms with Gasteiger partial charge >= 0.3 is 0 Å². The summed E-state index contributed by atoms with van der Waals surface area (Å²) in [6.45, 7) is 2.05. The average molecular weight is 326 g/mol. The van der Waals surface area contributed by atoms with Gasteiger partial charge in [-0.1, -0.05) is 15.9 Å². The van der Waals surface area contributed by atoms with E-state index >= 15 is 0 Å². The number of ketones is 1. The van der Waals surface area contributed by atoms with Gasteiger partial charge in [0, 0.05) is 16.8 Å². The number of benzene rings is 1. The lowest BCUT2D eigenvalue weighted by atomic mass is 9.89. The maximum absolute atomic E-state index is 13.3. The van der Waals surface area contributed by atoms with E-state index < -0.39 is 0 Å². The molecule has 1 aromatic carbocycles. The molecular weight excluding hydrogens is 309 g/mol. The molecule has 1 aliphatic heterocycles. The van der Waals surface area contributed by atoms with Gasteiger partial charge in [0.15, 0.2) is 0 Å². The van der Waals surface area contributed by atoms with Gasteiger partial charge in [-0.05, 0) is 61.5 Å². The monoisotopic (exact) mass is 325 g/mol. The van der Waals surface area contributed by atoms with Crippen LogP contribution in [0.2, 0.25) is 0 Å². The molecule has 0 aromatic heterocycles. The predicted octanol–water partition coefficient (Wildman–Crippen LogP) is 3.09. The van der Waals surface area contributed by atoms with Crippen molar-refractivity contribution >= 4 is 21.7 Å². The summed E-state index contributed by atoms with van der Waals surface area (Å²) >= 11 is 3.27. The van der Waals surface area contributed by atoms with Crippen LogP contribution in [-0.2, 0) is 11.2 Å². The van der Waals surface area contributed by atoms with Crippen molar-refractivity contribution in [3.8, 4) is 0 Å². The van der Waals surface area contributed by atoms with Gasteiger partial charge in [-0.2, -0.15) is 0 Å². The van der Waals surface area contributed by atoms with Gasteiger partial charge in [-0.3, -0.25) is 4.79 Å². The van der Waals surface area contributed by atoms with Gasteiger partial charge in [-0.25, -0.2) is 4.39 Å². The number of carbonyl (C=O) groups is 1. The van der Waals surface area contributed by atoms with Crippen molar-refractivity contribution < 1.29 is 9.18 Å². The smallest absolute Gasteiger partial charge is 0.140 e. The summed E-state index contributed by atoms with van der Waals surface area (Å²) in [6, 6.07) is 4.71. The fourth-order valence-electron chi connectivity index (χ4n) is 3.32. The normalized spacial score (nSPS) is 24.4. The summed E-state index contributed by atoms with van der Waals surface area (Å²) in [5, 5.41) is 3.34. The van der Waals surface area contributed by atoms with Crippen LogP contribution >= 0.6 is 15.9 Å². The van der Waals surface area contributed by atoms with E-state index in [0.29, 0.717) is 10.9 Å². The third-order valence-corrected chi connectivity index (χ3v) is 4.94. The van der Waals surface area contributed by atoms with Gasteiger partial charge in [0.05, 0.1) is 0 Å². The van der Waals surface area contributed by atoms with Gasteiger partial charge in [0.2, 0.25) is 0 Å². The molecule has 1 N–H and O–H groups in total. The summed E-state index contributed by atoms with van der Waals surface area (Å²) in [4.78, 5) is 12.3. The molecule has 0 radical (unpaired) electrons. The van der Waals surface area contributed by atoms with E-state index in [1.165, 1.54) is 12.1 Å². The number of hydrogen-bond donors (Lipinski definition) is 1. The second-order valence-corrected chi connectivity index (χ2v) is 6.71. The molecule has 1 saturated carbocycles. The Labute approximate surface area is 120 Å². The minimum atomic E-state index is -0.287. The van der Waals surface area contributed by atoms with Crippen LogP contribution in [0.1, 0.15) is 24.8 Å². The maximum Gasteiger partial charge on any atom is 0.140 e. The molecule has 2 aliphatic rings. The molecule has 1 unspecified atom stereocenters. The number of carbonyl (C=O) groups excluding carboxylic acids is 1. The maximum atomic E-state index is 13.3. The molecule has 102 valence electrons. The Bertz CT molecular complexity index is 491. The van der Waals surface area contributed by atoms with Gasteiger partial charge in [-0.15, -0.1) is 0 Å². The molecule has 4 heteroatoms. The Morgan fingerprint density at radius 1 is 1.37 bits per heavy atom. The van der Waals surface area contributed by atoms with Gasteiger partial charge < -0.3 is 5.32 Å². The second kappa shape index (κ2) is 4.98. The lowest BCUT2D eigenvalue weighted by Crippen LogP contribution is -2.31. The molecule has 3 rings (SSSR count). The largest absolute Gasteiger partial charge is 0.317 e. The number of piperidine rings is 1. The van der Waals surface area contributed by atoms with Crippen molar-refractivity contribution in [1.29, 1.82) is 0 Å². The van der Waals surface area contributed by atoms with Crippen LogP contribution in [0, 0.1) is 17.2 Å². The number of halogens is 2. The number of nitrogens with one attached hydrogen (secondary N) is 1. The first-order chi connectivity index (χ1) is 9.09. The van der Waals surface area contributed by atoms with Crippen LogP contribution < -0.4 is 5.32 Å². The highest BCUT2D eigenvalue weighted by Crippen LogP contribution is 2.59. The average Bonchev–Trinajstić information content (AvgIpc) is 3.02. The Hall–Kier alpha value is -0.740. The molecule has 0 bridgehead atoms. The first-order valence-corrected chi connectivity index (χ1v) is 7.57. The third-order valence-electron chi connectivity index (χ3n) is 4.48. The quantitative estimate of drug-likeness (QED) is 0.925. The lowest BCUT2D eigenvalue weighted by Gasteiger charge is -2.23. The molecule has 1 heterocycles. The van der Waals surface area contributed by atoms with Crippen LogP contribution in [0.3, 0.4) is 0 Å². The highest BCUT2D eigenvalue weighted by molar-refractivity contribution is 9.10. The zero-order valence-electron chi connectivity index (χ0n) is 10.7. The fraction of sp³-hybridized carbons (Fsp3) is 0.533. The van der Waals surface area contributed by atoms with Crippen LogP contribution in [0.5, 0.6) is 0 Å². The number of hydrogen-bond acceptors (Lipinski definition) is 2. The van der Waals surface area contributed by atoms with E-state index in [1.807, 2.05) is 6.07 Å². The number of Topliss-reactive ketones (excluding diaryl/α,β-unsaturated/α-hetero) is 1. The predicted molar refractivity (Wildman–Crippen MR) is 75.5 cm³/mol. The highest BCUT2D eigenvalue weighted by Gasteiger charge is 2.56. The first kappa shape index (κ1) is 13.3. The Kier molecular flexibility index (Phi) is 3.48. The highest BCUT2D eigenvalue weighted by atomic mass is 79.9. The van der Waals surface area contributed by atoms with Crippen molar-refractivity contribution in [3.63, 3.8) is 0 Å². The molecule has 1 aliphatic carbocycles. The van der Waals surface area contributed by atoms with Crippen LogP contribution in [-0.4, -0.2) is 18.9 Å². The van der Waals surface area contributed by atoms with Gasteiger partial charge in [0.1, 0.15) is 11.6 Å².